The van der Waals surface area contributed by atoms with Crippen LogP contribution in [0.25, 0.3) is 0 Å². The van der Waals surface area contributed by atoms with Crippen LogP contribution in [0, 0.1) is 0 Å². The van der Waals surface area contributed by atoms with Crippen LogP contribution in [0.3, 0.4) is 0 Å². The number of unbranched alkanes of at least 4 members (excludes halogenated alkanes) is 1. The van der Waals surface area contributed by atoms with E-state index >= 15 is 0 Å². The third-order valence-electron chi connectivity index (χ3n) is 3.20. The van der Waals surface area contributed by atoms with E-state index in [0.29, 0.717) is 6.04 Å². The van der Waals surface area contributed by atoms with Gasteiger partial charge in [0.25, 0.3) is 0 Å². The Balaban J connectivity index is 1.96. The highest BCUT2D eigenvalue weighted by molar-refractivity contribution is 4.80. The van der Waals surface area contributed by atoms with Gasteiger partial charge in [0.05, 0.1) is 6.61 Å². The molecule has 1 rings (SSSR count). The minimum atomic E-state index is 0.631. The zero-order valence-corrected chi connectivity index (χ0v) is 11.2. The fourth-order valence-electron chi connectivity index (χ4n) is 1.87. The van der Waals surface area contributed by atoms with Crippen LogP contribution in [0.1, 0.15) is 39.5 Å². The van der Waals surface area contributed by atoms with Gasteiger partial charge in [-0.1, -0.05) is 0 Å². The molecule has 0 aliphatic heterocycles. The second-order valence-electron chi connectivity index (χ2n) is 5.06. The first-order valence-corrected chi connectivity index (χ1v) is 6.70. The summed E-state index contributed by atoms with van der Waals surface area (Å²) in [5.41, 5.74) is 0. The molecule has 0 aromatic rings. The summed E-state index contributed by atoms with van der Waals surface area (Å²) in [5, 5.41) is 3.56. The largest absolute Gasteiger partial charge is 0.383 e. The lowest BCUT2D eigenvalue weighted by atomic mass is 10.2. The standard InChI is InChI=1S/C13H28N2O/c1-12(2)15(10-11-16-3)9-5-4-8-14-13-6-7-13/h12-14H,4-11H2,1-3H3. The summed E-state index contributed by atoms with van der Waals surface area (Å²) >= 11 is 0. The van der Waals surface area contributed by atoms with Crippen LogP contribution >= 0.6 is 0 Å². The van der Waals surface area contributed by atoms with Crippen LogP contribution in [0.5, 0.6) is 0 Å². The molecule has 0 saturated heterocycles. The Kier molecular flexibility index (Phi) is 7.01. The van der Waals surface area contributed by atoms with Gasteiger partial charge in [0.1, 0.15) is 0 Å². The lowest BCUT2D eigenvalue weighted by molar-refractivity contribution is 0.128. The fourth-order valence-corrected chi connectivity index (χ4v) is 1.87. The van der Waals surface area contributed by atoms with E-state index in [9.17, 15) is 0 Å². The SMILES string of the molecule is COCCN(CCCCNC1CC1)C(C)C. The smallest absolute Gasteiger partial charge is 0.0589 e. The predicted octanol–water partition coefficient (Wildman–Crippen LogP) is 1.88. The van der Waals surface area contributed by atoms with E-state index < -0.39 is 0 Å². The van der Waals surface area contributed by atoms with E-state index in [4.69, 9.17) is 4.74 Å². The van der Waals surface area contributed by atoms with Crippen molar-refractivity contribution in [2.75, 3.05) is 33.4 Å². The van der Waals surface area contributed by atoms with Crippen molar-refractivity contribution >= 4 is 0 Å². The molecule has 3 heteroatoms. The molecule has 16 heavy (non-hydrogen) atoms. The van der Waals surface area contributed by atoms with Crippen molar-refractivity contribution in [3.05, 3.63) is 0 Å². The molecule has 0 unspecified atom stereocenters. The molecule has 0 aromatic carbocycles. The first kappa shape index (κ1) is 13.9. The first-order valence-electron chi connectivity index (χ1n) is 6.70. The molecule has 0 spiro atoms. The maximum atomic E-state index is 5.14. The summed E-state index contributed by atoms with van der Waals surface area (Å²) in [7, 11) is 1.78. The van der Waals surface area contributed by atoms with Crippen molar-refractivity contribution in [3.63, 3.8) is 0 Å². The molecule has 0 atom stereocenters. The van der Waals surface area contributed by atoms with Gasteiger partial charge < -0.3 is 10.1 Å². The normalized spacial score (nSPS) is 16.3. The highest BCUT2D eigenvalue weighted by atomic mass is 16.5. The van der Waals surface area contributed by atoms with Crippen LogP contribution in [0.15, 0.2) is 0 Å². The first-order chi connectivity index (χ1) is 7.74. The summed E-state index contributed by atoms with van der Waals surface area (Å²) in [4.78, 5) is 2.50. The van der Waals surface area contributed by atoms with Gasteiger partial charge in [0.2, 0.25) is 0 Å². The van der Waals surface area contributed by atoms with Gasteiger partial charge in [0.15, 0.2) is 0 Å². The van der Waals surface area contributed by atoms with E-state index in [1.165, 1.54) is 38.8 Å². The molecule has 96 valence electrons. The Morgan fingerprint density at radius 2 is 2.00 bits per heavy atom. The number of methoxy groups -OCH3 is 1. The van der Waals surface area contributed by atoms with Gasteiger partial charge in [-0.2, -0.15) is 0 Å². The van der Waals surface area contributed by atoms with Crippen LogP contribution in [-0.4, -0.2) is 50.3 Å². The van der Waals surface area contributed by atoms with E-state index in [-0.39, 0.29) is 0 Å². The van der Waals surface area contributed by atoms with E-state index in [1.807, 2.05) is 0 Å². The maximum absolute atomic E-state index is 5.14. The topological polar surface area (TPSA) is 24.5 Å². The summed E-state index contributed by atoms with van der Waals surface area (Å²) in [5.74, 6) is 0. The van der Waals surface area contributed by atoms with Crippen molar-refractivity contribution in [2.45, 2.75) is 51.6 Å². The minimum absolute atomic E-state index is 0.631. The van der Waals surface area contributed by atoms with Crippen molar-refractivity contribution in [1.29, 1.82) is 0 Å². The van der Waals surface area contributed by atoms with Crippen LogP contribution < -0.4 is 5.32 Å². The number of nitrogens with one attached hydrogen (secondary N) is 1. The van der Waals surface area contributed by atoms with Gasteiger partial charge in [-0.3, -0.25) is 4.90 Å². The highest BCUT2D eigenvalue weighted by Gasteiger charge is 2.19. The van der Waals surface area contributed by atoms with Crippen LogP contribution in [0.2, 0.25) is 0 Å². The lowest BCUT2D eigenvalue weighted by Gasteiger charge is -2.26. The van der Waals surface area contributed by atoms with Gasteiger partial charge in [0, 0.05) is 25.7 Å². The average molecular weight is 228 g/mol. The van der Waals surface area contributed by atoms with E-state index in [0.717, 1.165) is 19.2 Å². The Hall–Kier alpha value is -0.120. The lowest BCUT2D eigenvalue weighted by Crippen LogP contribution is -2.35. The van der Waals surface area contributed by atoms with Gasteiger partial charge in [-0.25, -0.2) is 0 Å². The number of hydrogen-bond donors (Lipinski definition) is 1. The zero-order chi connectivity index (χ0) is 11.8. The van der Waals surface area contributed by atoms with E-state index in [1.54, 1.807) is 7.11 Å². The van der Waals surface area contributed by atoms with Gasteiger partial charge in [-0.05, 0) is 52.6 Å². The van der Waals surface area contributed by atoms with Crippen molar-refractivity contribution in [2.24, 2.45) is 0 Å². The molecule has 1 fully saturated rings. The molecule has 1 saturated carbocycles. The van der Waals surface area contributed by atoms with Gasteiger partial charge >= 0.3 is 0 Å². The molecule has 0 amide bonds. The molecule has 1 aliphatic carbocycles. The third kappa shape index (κ3) is 6.46. The quantitative estimate of drug-likeness (QED) is 0.578. The summed E-state index contributed by atoms with van der Waals surface area (Å²) in [6.07, 6.45) is 5.38. The molecule has 0 aromatic heterocycles. The summed E-state index contributed by atoms with van der Waals surface area (Å²) in [6, 6.07) is 1.49. The summed E-state index contributed by atoms with van der Waals surface area (Å²) in [6.45, 7) is 8.83. The van der Waals surface area contributed by atoms with E-state index in [2.05, 4.69) is 24.1 Å². The van der Waals surface area contributed by atoms with Crippen molar-refractivity contribution < 1.29 is 4.74 Å². The number of hydrogen-bond acceptors (Lipinski definition) is 3. The average Bonchev–Trinajstić information content (AvgIpc) is 3.05. The maximum Gasteiger partial charge on any atom is 0.0589 e. The zero-order valence-electron chi connectivity index (χ0n) is 11.2. The number of nitrogens with zero attached hydrogens (tertiary/aromatic N) is 1. The molecule has 0 radical (unpaired) electrons. The molecule has 1 aliphatic rings. The molecular weight excluding hydrogens is 200 g/mol. The van der Waals surface area contributed by atoms with Crippen molar-refractivity contribution in [3.8, 4) is 0 Å². The van der Waals surface area contributed by atoms with Crippen molar-refractivity contribution in [1.82, 2.24) is 10.2 Å². The third-order valence-corrected chi connectivity index (χ3v) is 3.20. The molecule has 3 nitrogen and oxygen atoms in total. The Bertz CT molecular complexity index is 169. The van der Waals surface area contributed by atoms with Gasteiger partial charge in [-0.15, -0.1) is 0 Å². The molecule has 0 heterocycles. The number of ether oxygens (including phenoxy) is 1. The second kappa shape index (κ2) is 8.04. The predicted molar refractivity (Wildman–Crippen MR) is 68.8 cm³/mol. The Morgan fingerprint density at radius 1 is 1.25 bits per heavy atom. The Morgan fingerprint density at radius 3 is 2.56 bits per heavy atom. The van der Waals surface area contributed by atoms with Crippen LogP contribution in [0.4, 0.5) is 0 Å². The number of rotatable bonds is 10. The molecular formula is C13H28N2O. The Labute approximate surface area is 101 Å². The van der Waals surface area contributed by atoms with Crippen LogP contribution in [-0.2, 0) is 4.74 Å². The minimum Gasteiger partial charge on any atom is -0.383 e. The monoisotopic (exact) mass is 228 g/mol. The fraction of sp³-hybridized carbons (Fsp3) is 1.00. The molecule has 0 bridgehead atoms. The second-order valence-corrected chi connectivity index (χ2v) is 5.06. The summed E-state index contributed by atoms with van der Waals surface area (Å²) < 4.78 is 5.14. The molecule has 1 N–H and O–H groups in total. The highest BCUT2D eigenvalue weighted by Crippen LogP contribution is 2.18.